The third-order valence-electron chi connectivity index (χ3n) is 11.5. The molecule has 0 aliphatic carbocycles. The Hall–Kier alpha value is -7.81. The normalized spacial score (nSPS) is 11.4. The molecule has 2 heteroatoms. The fraction of sp³-hybridized carbons (Fsp3) is 0. The molecule has 0 unspecified atom stereocenters. The van der Waals surface area contributed by atoms with E-state index < -0.39 is 0 Å². The number of oxazole rings is 1. The summed E-state index contributed by atoms with van der Waals surface area (Å²) in [5.74, 6) is 0.591. The number of nitrogens with zero attached hydrogens (tertiary/aromatic N) is 1. The van der Waals surface area contributed by atoms with Gasteiger partial charge < -0.3 is 4.42 Å². The van der Waals surface area contributed by atoms with E-state index >= 15 is 0 Å². The zero-order valence-electron chi connectivity index (χ0n) is 32.2. The summed E-state index contributed by atoms with van der Waals surface area (Å²) in [5, 5.41) is 4.93. The monoisotopic (exact) mass is 751 g/mol. The van der Waals surface area contributed by atoms with Crippen LogP contribution in [0.5, 0.6) is 0 Å². The first-order chi connectivity index (χ1) is 29.3. The van der Waals surface area contributed by atoms with Crippen molar-refractivity contribution in [2.75, 3.05) is 0 Å². The number of hydrogen-bond acceptors (Lipinski definition) is 2. The Kier molecular flexibility index (Phi) is 8.52. The van der Waals surface area contributed by atoms with E-state index in [1.807, 2.05) is 0 Å². The van der Waals surface area contributed by atoms with E-state index in [1.54, 1.807) is 0 Å². The summed E-state index contributed by atoms with van der Waals surface area (Å²) in [6, 6.07) is 79.8. The molecule has 0 radical (unpaired) electrons. The first-order valence-corrected chi connectivity index (χ1v) is 20.1. The number of benzene rings is 10. The van der Waals surface area contributed by atoms with Gasteiger partial charge in [0.25, 0.3) is 0 Å². The van der Waals surface area contributed by atoms with Crippen LogP contribution in [-0.2, 0) is 0 Å². The minimum Gasteiger partial charge on any atom is -0.435 e. The summed E-state index contributed by atoms with van der Waals surface area (Å²) in [5.41, 5.74) is 16.3. The van der Waals surface area contributed by atoms with Crippen LogP contribution in [0.25, 0.3) is 111 Å². The summed E-state index contributed by atoms with van der Waals surface area (Å²) in [7, 11) is 0. The van der Waals surface area contributed by atoms with E-state index in [9.17, 15) is 0 Å². The molecular formula is C57H37NO. The lowest BCUT2D eigenvalue weighted by Gasteiger charge is -2.17. The van der Waals surface area contributed by atoms with Crippen LogP contribution in [0.15, 0.2) is 229 Å². The van der Waals surface area contributed by atoms with Crippen LogP contribution in [0, 0.1) is 0 Å². The summed E-state index contributed by atoms with van der Waals surface area (Å²) in [4.78, 5) is 5.31. The molecule has 0 saturated heterocycles. The Balaban J connectivity index is 1.06. The van der Waals surface area contributed by atoms with Gasteiger partial charge in [-0.15, -0.1) is 0 Å². The Morgan fingerprint density at radius 3 is 1.15 bits per heavy atom. The second-order valence-electron chi connectivity index (χ2n) is 15.0. The van der Waals surface area contributed by atoms with Gasteiger partial charge in [0.15, 0.2) is 5.58 Å². The van der Waals surface area contributed by atoms with Crippen molar-refractivity contribution in [1.29, 1.82) is 0 Å². The molecule has 276 valence electrons. The summed E-state index contributed by atoms with van der Waals surface area (Å²) in [6.45, 7) is 0. The highest BCUT2D eigenvalue weighted by Gasteiger charge is 2.20. The van der Waals surface area contributed by atoms with Crippen LogP contribution in [0.4, 0.5) is 0 Å². The minimum atomic E-state index is 0.591. The van der Waals surface area contributed by atoms with Crippen LogP contribution in [0.1, 0.15) is 0 Å². The van der Waals surface area contributed by atoms with Crippen LogP contribution < -0.4 is 0 Å². The van der Waals surface area contributed by atoms with Crippen molar-refractivity contribution >= 4 is 32.6 Å². The Labute approximate surface area is 343 Å². The SMILES string of the molecule is c1ccc(-c2cccc(-c3ccc(-c4cccc(-c5ccccc5)c4)c4oc(-c5ccc(-c6c7ccccc7c(-c7ccccc7)c7ccccc67)cc5)nc34)c2)cc1. The van der Waals surface area contributed by atoms with Crippen molar-refractivity contribution in [1.82, 2.24) is 4.98 Å². The molecule has 0 amide bonds. The van der Waals surface area contributed by atoms with Gasteiger partial charge in [-0.1, -0.05) is 194 Å². The highest BCUT2D eigenvalue weighted by Crippen LogP contribution is 2.45. The average Bonchev–Trinajstić information content (AvgIpc) is 3.77. The highest BCUT2D eigenvalue weighted by atomic mass is 16.3. The van der Waals surface area contributed by atoms with E-state index in [4.69, 9.17) is 9.40 Å². The van der Waals surface area contributed by atoms with Gasteiger partial charge in [-0.2, -0.15) is 0 Å². The molecule has 0 N–H and O–H groups in total. The first kappa shape index (κ1) is 34.4. The molecular weight excluding hydrogens is 715 g/mol. The number of rotatable bonds is 7. The van der Waals surface area contributed by atoms with Gasteiger partial charge in [0.05, 0.1) is 0 Å². The maximum atomic E-state index is 6.90. The number of fused-ring (bicyclic) bond motifs is 3. The molecule has 10 aromatic carbocycles. The van der Waals surface area contributed by atoms with E-state index in [1.165, 1.54) is 49.4 Å². The predicted molar refractivity (Wildman–Crippen MR) is 247 cm³/mol. The second-order valence-corrected chi connectivity index (χ2v) is 15.0. The highest BCUT2D eigenvalue weighted by molar-refractivity contribution is 6.21. The van der Waals surface area contributed by atoms with Crippen molar-refractivity contribution in [2.45, 2.75) is 0 Å². The van der Waals surface area contributed by atoms with Gasteiger partial charge in [-0.05, 0) is 108 Å². The summed E-state index contributed by atoms with van der Waals surface area (Å²) < 4.78 is 6.90. The van der Waals surface area contributed by atoms with E-state index in [0.29, 0.717) is 5.89 Å². The maximum absolute atomic E-state index is 6.90. The molecule has 0 aliphatic heterocycles. The standard InChI is InChI=1S/C57H37NO/c1-4-16-38(17-5-1)43-22-14-24-45(36-43)47-34-35-48(46-25-15-23-44(37-46)39-18-6-2-7-19-39)56-55(47)58-57(59-56)42-32-30-41(31-33-42)54-51-28-12-10-26-49(51)53(40-20-8-3-9-21-40)50-27-11-13-29-52(50)54/h1-37H. The van der Waals surface area contributed by atoms with Gasteiger partial charge >= 0.3 is 0 Å². The zero-order valence-corrected chi connectivity index (χ0v) is 32.2. The quantitative estimate of drug-likeness (QED) is 0.152. The molecule has 11 rings (SSSR count). The molecule has 0 aliphatic rings. The predicted octanol–water partition coefficient (Wildman–Crippen LogP) is 15.8. The molecule has 0 atom stereocenters. The molecule has 0 spiro atoms. The van der Waals surface area contributed by atoms with Crippen molar-refractivity contribution in [3.05, 3.63) is 224 Å². The molecule has 59 heavy (non-hydrogen) atoms. The molecule has 11 aromatic rings. The molecule has 1 aromatic heterocycles. The second kappa shape index (κ2) is 14.6. The van der Waals surface area contributed by atoms with Crippen molar-refractivity contribution in [3.63, 3.8) is 0 Å². The van der Waals surface area contributed by atoms with E-state index in [0.717, 1.165) is 55.6 Å². The molecule has 0 fully saturated rings. The van der Waals surface area contributed by atoms with Gasteiger partial charge in [0.2, 0.25) is 5.89 Å². The fourth-order valence-corrected chi connectivity index (χ4v) is 8.72. The lowest BCUT2D eigenvalue weighted by Crippen LogP contribution is -1.90. The smallest absolute Gasteiger partial charge is 0.227 e. The number of hydrogen-bond donors (Lipinski definition) is 0. The number of aromatic nitrogens is 1. The van der Waals surface area contributed by atoms with Crippen LogP contribution >= 0.6 is 0 Å². The third-order valence-corrected chi connectivity index (χ3v) is 11.5. The summed E-state index contributed by atoms with van der Waals surface area (Å²) >= 11 is 0. The first-order valence-electron chi connectivity index (χ1n) is 20.1. The third kappa shape index (κ3) is 6.19. The Morgan fingerprint density at radius 1 is 0.271 bits per heavy atom. The molecule has 2 nitrogen and oxygen atoms in total. The van der Waals surface area contributed by atoms with E-state index in [-0.39, 0.29) is 0 Å². The molecule has 0 bridgehead atoms. The lowest BCUT2D eigenvalue weighted by atomic mass is 9.86. The van der Waals surface area contributed by atoms with Gasteiger partial charge in [-0.25, -0.2) is 4.98 Å². The van der Waals surface area contributed by atoms with Crippen molar-refractivity contribution in [2.24, 2.45) is 0 Å². The Morgan fingerprint density at radius 2 is 0.644 bits per heavy atom. The average molecular weight is 752 g/mol. The molecule has 1 heterocycles. The van der Waals surface area contributed by atoms with Gasteiger partial charge in [-0.3, -0.25) is 0 Å². The van der Waals surface area contributed by atoms with Crippen LogP contribution in [0.3, 0.4) is 0 Å². The topological polar surface area (TPSA) is 26.0 Å². The zero-order chi connectivity index (χ0) is 39.1. The van der Waals surface area contributed by atoms with Crippen molar-refractivity contribution < 1.29 is 4.42 Å². The molecule has 0 saturated carbocycles. The summed E-state index contributed by atoms with van der Waals surface area (Å²) in [6.07, 6.45) is 0. The van der Waals surface area contributed by atoms with E-state index in [2.05, 4.69) is 224 Å². The van der Waals surface area contributed by atoms with Gasteiger partial charge in [0.1, 0.15) is 5.52 Å². The maximum Gasteiger partial charge on any atom is 0.227 e. The van der Waals surface area contributed by atoms with Crippen LogP contribution in [0.2, 0.25) is 0 Å². The Bertz CT molecular complexity index is 3120. The van der Waals surface area contributed by atoms with Gasteiger partial charge in [0, 0.05) is 16.7 Å². The fourth-order valence-electron chi connectivity index (χ4n) is 8.72. The van der Waals surface area contributed by atoms with Crippen LogP contribution in [-0.4, -0.2) is 4.98 Å². The lowest BCUT2D eigenvalue weighted by molar-refractivity contribution is 0.621. The largest absolute Gasteiger partial charge is 0.435 e. The van der Waals surface area contributed by atoms with Crippen molar-refractivity contribution in [3.8, 4) is 78.2 Å². The minimum absolute atomic E-state index is 0.591.